The molecule has 3 aromatic carbocycles. The summed E-state index contributed by atoms with van der Waals surface area (Å²) in [4.78, 5) is 33.9. The molecule has 2 fully saturated rings. The number of fused-ring (bicyclic) bond motifs is 1. The highest BCUT2D eigenvalue weighted by Crippen LogP contribution is 2.49. The summed E-state index contributed by atoms with van der Waals surface area (Å²) in [6, 6.07) is 21.4. The second-order valence-corrected chi connectivity index (χ2v) is 7.39. The van der Waals surface area contributed by atoms with E-state index in [1.54, 1.807) is 12.2 Å². The van der Waals surface area contributed by atoms with E-state index in [1.807, 2.05) is 54.6 Å². The van der Waals surface area contributed by atoms with Gasteiger partial charge in [-0.1, -0.05) is 36.4 Å². The number of nitrogens with zero attached hydrogens (tertiary/aromatic N) is 2. The molecular formula is C24H19FN2O4. The number of carbonyl (C=O) groups excluding carboxylic acids is 2. The van der Waals surface area contributed by atoms with Crippen LogP contribution in [0.5, 0.6) is 5.75 Å². The number of benzene rings is 3. The molecule has 0 spiro atoms. The van der Waals surface area contributed by atoms with Gasteiger partial charge in [0.1, 0.15) is 17.5 Å². The zero-order chi connectivity index (χ0) is 21.5. The van der Waals surface area contributed by atoms with Crippen molar-refractivity contribution in [1.82, 2.24) is 0 Å². The van der Waals surface area contributed by atoms with Crippen LogP contribution in [0.2, 0.25) is 0 Å². The molecule has 6 nitrogen and oxygen atoms in total. The van der Waals surface area contributed by atoms with E-state index in [0.717, 1.165) is 16.2 Å². The van der Waals surface area contributed by atoms with E-state index in [4.69, 9.17) is 9.57 Å². The number of anilines is 2. The minimum absolute atomic E-state index is 0.319. The van der Waals surface area contributed by atoms with Crippen molar-refractivity contribution in [2.24, 2.45) is 5.92 Å². The van der Waals surface area contributed by atoms with Gasteiger partial charge in [0.2, 0.25) is 5.91 Å². The smallest absolute Gasteiger partial charge is 0.266 e. The number of hydroxylamine groups is 1. The summed E-state index contributed by atoms with van der Waals surface area (Å²) in [6.07, 6.45) is -0.993. The maximum absolute atomic E-state index is 13.5. The molecule has 7 heteroatoms. The third-order valence-corrected chi connectivity index (χ3v) is 5.67. The van der Waals surface area contributed by atoms with Crippen molar-refractivity contribution in [3.05, 3.63) is 90.2 Å². The van der Waals surface area contributed by atoms with Crippen molar-refractivity contribution in [3.8, 4) is 5.75 Å². The molecule has 31 heavy (non-hydrogen) atoms. The highest BCUT2D eigenvalue weighted by molar-refractivity contribution is 6.23. The first kappa shape index (κ1) is 19.3. The second kappa shape index (κ2) is 7.52. The van der Waals surface area contributed by atoms with Gasteiger partial charge in [0.15, 0.2) is 6.10 Å². The molecule has 2 amide bonds. The van der Waals surface area contributed by atoms with Crippen LogP contribution < -0.4 is 14.7 Å². The van der Waals surface area contributed by atoms with Gasteiger partial charge in [0.05, 0.1) is 24.5 Å². The zero-order valence-electron chi connectivity index (χ0n) is 16.6. The number of methoxy groups -OCH3 is 1. The van der Waals surface area contributed by atoms with Crippen LogP contribution in [0, 0.1) is 11.7 Å². The summed E-state index contributed by atoms with van der Waals surface area (Å²) >= 11 is 0. The van der Waals surface area contributed by atoms with Crippen LogP contribution in [0.25, 0.3) is 0 Å². The van der Waals surface area contributed by atoms with Crippen LogP contribution in [-0.4, -0.2) is 25.0 Å². The van der Waals surface area contributed by atoms with E-state index in [1.165, 1.54) is 24.3 Å². The van der Waals surface area contributed by atoms with Crippen molar-refractivity contribution < 1.29 is 23.6 Å². The number of halogens is 1. The first-order valence-electron chi connectivity index (χ1n) is 9.87. The Morgan fingerprint density at radius 1 is 0.839 bits per heavy atom. The van der Waals surface area contributed by atoms with E-state index >= 15 is 0 Å². The number of carbonyl (C=O) groups is 2. The first-order valence-corrected chi connectivity index (χ1v) is 9.87. The van der Waals surface area contributed by atoms with Gasteiger partial charge in [0, 0.05) is 5.56 Å². The first-order chi connectivity index (χ1) is 15.1. The molecule has 2 heterocycles. The Labute approximate surface area is 178 Å². The van der Waals surface area contributed by atoms with E-state index in [0.29, 0.717) is 11.4 Å². The monoisotopic (exact) mass is 418 g/mol. The molecule has 0 saturated carbocycles. The molecule has 0 unspecified atom stereocenters. The van der Waals surface area contributed by atoms with Crippen molar-refractivity contribution in [1.29, 1.82) is 0 Å². The molecule has 3 aromatic rings. The predicted octanol–water partition coefficient (Wildman–Crippen LogP) is 3.89. The number of amides is 2. The molecule has 0 N–H and O–H groups in total. The Morgan fingerprint density at radius 2 is 1.52 bits per heavy atom. The summed E-state index contributed by atoms with van der Waals surface area (Å²) in [5.41, 5.74) is 1.78. The minimum atomic E-state index is -0.993. The standard InChI is InChI=1S/C24H19FN2O4/c1-30-19-10-6-5-9-18(19)21-20-22(31-27(21)17-7-3-2-4-8-17)24(29)26(23(20)28)16-13-11-15(25)12-14-16/h2-14,20-22H,1H3/t20-,21-,22-/m1/s1. The fourth-order valence-corrected chi connectivity index (χ4v) is 4.28. The van der Waals surface area contributed by atoms with Crippen LogP contribution in [0.3, 0.4) is 0 Å². The van der Waals surface area contributed by atoms with E-state index in [9.17, 15) is 14.0 Å². The molecule has 0 bridgehead atoms. The predicted molar refractivity (Wildman–Crippen MR) is 112 cm³/mol. The second-order valence-electron chi connectivity index (χ2n) is 7.39. The Bertz CT molecular complexity index is 1140. The van der Waals surface area contributed by atoms with Crippen LogP contribution in [-0.2, 0) is 14.4 Å². The maximum atomic E-state index is 13.5. The van der Waals surface area contributed by atoms with Gasteiger partial charge in [-0.25, -0.2) is 14.4 Å². The summed E-state index contributed by atoms with van der Waals surface area (Å²) in [5.74, 6) is -1.50. The number of hydrogen-bond donors (Lipinski definition) is 0. The highest BCUT2D eigenvalue weighted by atomic mass is 19.1. The van der Waals surface area contributed by atoms with Crippen LogP contribution in [0.15, 0.2) is 78.9 Å². The number of hydrogen-bond acceptors (Lipinski definition) is 5. The van der Waals surface area contributed by atoms with Crippen LogP contribution >= 0.6 is 0 Å². The molecule has 0 radical (unpaired) electrons. The van der Waals surface area contributed by atoms with Crippen molar-refractivity contribution >= 4 is 23.2 Å². The Morgan fingerprint density at radius 3 is 2.23 bits per heavy atom. The molecule has 5 rings (SSSR count). The number of imide groups is 1. The largest absolute Gasteiger partial charge is 0.496 e. The fraction of sp³-hybridized carbons (Fsp3) is 0.167. The maximum Gasteiger partial charge on any atom is 0.266 e. The molecule has 2 aliphatic heterocycles. The molecular weight excluding hydrogens is 399 g/mol. The average Bonchev–Trinajstić information content (AvgIpc) is 3.31. The topological polar surface area (TPSA) is 59.1 Å². The molecule has 2 aliphatic rings. The Kier molecular flexibility index (Phi) is 4.67. The summed E-state index contributed by atoms with van der Waals surface area (Å²) < 4.78 is 18.9. The van der Waals surface area contributed by atoms with Crippen molar-refractivity contribution in [3.63, 3.8) is 0 Å². The average molecular weight is 418 g/mol. The van der Waals surface area contributed by atoms with Gasteiger partial charge in [-0.3, -0.25) is 14.4 Å². The molecule has 0 aliphatic carbocycles. The SMILES string of the molecule is COc1ccccc1[C@@H]1[C@H]2C(=O)N(c3ccc(F)cc3)C(=O)[C@@H]2ON1c1ccccc1. The van der Waals surface area contributed by atoms with Gasteiger partial charge >= 0.3 is 0 Å². The lowest BCUT2D eigenvalue weighted by molar-refractivity contribution is -0.126. The lowest BCUT2D eigenvalue weighted by Crippen LogP contribution is -2.37. The minimum Gasteiger partial charge on any atom is -0.496 e. The summed E-state index contributed by atoms with van der Waals surface area (Å²) in [6.45, 7) is 0. The van der Waals surface area contributed by atoms with E-state index < -0.39 is 35.7 Å². The molecule has 156 valence electrons. The van der Waals surface area contributed by atoms with Crippen molar-refractivity contribution in [2.45, 2.75) is 12.1 Å². The fourth-order valence-electron chi connectivity index (χ4n) is 4.28. The van der Waals surface area contributed by atoms with E-state index in [-0.39, 0.29) is 0 Å². The Balaban J connectivity index is 1.61. The zero-order valence-corrected chi connectivity index (χ0v) is 16.6. The summed E-state index contributed by atoms with van der Waals surface area (Å²) in [5, 5.41) is 1.62. The Hall–Kier alpha value is -3.71. The summed E-state index contributed by atoms with van der Waals surface area (Å²) in [7, 11) is 1.56. The molecule has 2 saturated heterocycles. The van der Waals surface area contributed by atoms with Gasteiger partial charge < -0.3 is 4.74 Å². The highest BCUT2D eigenvalue weighted by Gasteiger charge is 2.60. The van der Waals surface area contributed by atoms with Gasteiger partial charge in [-0.05, 0) is 42.5 Å². The van der Waals surface area contributed by atoms with Crippen LogP contribution in [0.4, 0.5) is 15.8 Å². The normalized spacial score (nSPS) is 22.7. The third-order valence-electron chi connectivity index (χ3n) is 5.67. The number of ether oxygens (including phenoxy) is 1. The van der Waals surface area contributed by atoms with Gasteiger partial charge in [-0.2, -0.15) is 0 Å². The van der Waals surface area contributed by atoms with E-state index in [2.05, 4.69) is 0 Å². The van der Waals surface area contributed by atoms with Crippen LogP contribution in [0.1, 0.15) is 11.6 Å². The number of rotatable bonds is 4. The number of para-hydroxylation sites is 2. The van der Waals surface area contributed by atoms with Gasteiger partial charge in [-0.15, -0.1) is 0 Å². The van der Waals surface area contributed by atoms with Crippen molar-refractivity contribution in [2.75, 3.05) is 17.1 Å². The molecule has 0 aromatic heterocycles. The quantitative estimate of drug-likeness (QED) is 0.602. The lowest BCUT2D eigenvalue weighted by atomic mass is 9.90. The van der Waals surface area contributed by atoms with Gasteiger partial charge in [0.25, 0.3) is 5.91 Å². The molecule has 3 atom stereocenters. The third kappa shape index (κ3) is 3.05. The lowest BCUT2D eigenvalue weighted by Gasteiger charge is -2.29.